The first kappa shape index (κ1) is 15.0. The zero-order valence-electron chi connectivity index (χ0n) is 11.2. The third-order valence-corrected chi connectivity index (χ3v) is 3.50. The first-order valence-electron chi connectivity index (χ1n) is 6.64. The fraction of sp³-hybridized carbons (Fsp3) is 0.846. The van der Waals surface area contributed by atoms with Crippen LogP contribution < -0.4 is 0 Å². The van der Waals surface area contributed by atoms with E-state index in [1.54, 1.807) is 11.9 Å². The van der Waals surface area contributed by atoms with Crippen molar-refractivity contribution in [1.29, 1.82) is 0 Å². The minimum absolute atomic E-state index is 0.0212. The molecule has 0 aromatic carbocycles. The minimum atomic E-state index is -0.886. The molecule has 1 saturated heterocycles. The van der Waals surface area contributed by atoms with Crippen LogP contribution in [0.3, 0.4) is 0 Å². The van der Waals surface area contributed by atoms with Gasteiger partial charge in [0.1, 0.15) is 5.92 Å². The number of nitrogens with zero attached hydrogens (tertiary/aromatic N) is 1. The summed E-state index contributed by atoms with van der Waals surface area (Å²) in [5, 5.41) is 9.04. The molecule has 104 valence electrons. The molecule has 1 rings (SSSR count). The molecule has 1 N–H and O–H groups in total. The molecular formula is C13H23NO4. The minimum Gasteiger partial charge on any atom is -0.481 e. The number of carbonyl (C=O) groups excluding carboxylic acids is 1. The number of carboxylic acids is 1. The summed E-state index contributed by atoms with van der Waals surface area (Å²) in [4.78, 5) is 24.5. The second-order valence-electron chi connectivity index (χ2n) is 4.86. The first-order chi connectivity index (χ1) is 8.57. The topological polar surface area (TPSA) is 66.8 Å². The van der Waals surface area contributed by atoms with Crippen LogP contribution in [0.5, 0.6) is 0 Å². The van der Waals surface area contributed by atoms with Gasteiger partial charge in [-0.1, -0.05) is 26.2 Å². The second kappa shape index (κ2) is 7.36. The second-order valence-corrected chi connectivity index (χ2v) is 4.86. The highest BCUT2D eigenvalue weighted by Crippen LogP contribution is 2.20. The highest BCUT2D eigenvalue weighted by Gasteiger charge is 2.38. The van der Waals surface area contributed by atoms with Crippen LogP contribution in [0, 0.1) is 5.92 Å². The summed E-state index contributed by atoms with van der Waals surface area (Å²) in [6, 6.07) is -0.318. The van der Waals surface area contributed by atoms with Crippen molar-refractivity contribution in [3.63, 3.8) is 0 Å². The largest absolute Gasteiger partial charge is 0.481 e. The maximum atomic E-state index is 11.9. The number of carboxylic acid groups (broad SMARTS) is 1. The van der Waals surface area contributed by atoms with Crippen LogP contribution in [0.4, 0.5) is 0 Å². The highest BCUT2D eigenvalue weighted by atomic mass is 16.5. The van der Waals surface area contributed by atoms with E-state index in [4.69, 9.17) is 9.84 Å². The number of aliphatic carboxylic acids is 1. The van der Waals surface area contributed by atoms with E-state index in [2.05, 4.69) is 6.92 Å². The Hall–Kier alpha value is -1.10. The number of likely N-dealkylation sites (N-methyl/N-ethyl adjacent to an activating group) is 1. The van der Waals surface area contributed by atoms with E-state index >= 15 is 0 Å². The summed E-state index contributed by atoms with van der Waals surface area (Å²) in [5.74, 6) is -1.45. The molecule has 0 aromatic rings. The maximum absolute atomic E-state index is 11.9. The van der Waals surface area contributed by atoms with Gasteiger partial charge >= 0.3 is 5.97 Å². The number of amides is 1. The molecule has 1 fully saturated rings. The summed E-state index contributed by atoms with van der Waals surface area (Å²) in [5.41, 5.74) is 0. The van der Waals surface area contributed by atoms with E-state index < -0.39 is 11.9 Å². The van der Waals surface area contributed by atoms with Crippen LogP contribution in [0.25, 0.3) is 0 Å². The quantitative estimate of drug-likeness (QED) is 0.702. The van der Waals surface area contributed by atoms with Crippen molar-refractivity contribution in [3.05, 3.63) is 0 Å². The lowest BCUT2D eigenvalue weighted by atomic mass is 10.0. The first-order valence-corrected chi connectivity index (χ1v) is 6.64. The fourth-order valence-corrected chi connectivity index (χ4v) is 2.22. The summed E-state index contributed by atoms with van der Waals surface area (Å²) in [6.45, 7) is 2.66. The average Bonchev–Trinajstić information content (AvgIpc) is 2.82. The van der Waals surface area contributed by atoms with Gasteiger partial charge in [0.05, 0.1) is 19.3 Å². The van der Waals surface area contributed by atoms with Crippen molar-refractivity contribution < 1.29 is 19.4 Å². The fourth-order valence-electron chi connectivity index (χ4n) is 2.22. The summed E-state index contributed by atoms with van der Waals surface area (Å²) in [6.07, 6.45) is 4.71. The Morgan fingerprint density at radius 1 is 1.28 bits per heavy atom. The third kappa shape index (κ3) is 3.98. The van der Waals surface area contributed by atoms with Gasteiger partial charge in [-0.25, -0.2) is 0 Å². The van der Waals surface area contributed by atoms with Crippen LogP contribution in [-0.2, 0) is 14.3 Å². The molecule has 0 aromatic heterocycles. The average molecular weight is 257 g/mol. The molecule has 1 aliphatic heterocycles. The van der Waals surface area contributed by atoms with Crippen LogP contribution in [0.2, 0.25) is 0 Å². The molecule has 1 heterocycles. The smallest absolute Gasteiger partial charge is 0.311 e. The number of unbranched alkanes of at least 4 members (excludes halogenated alkanes) is 3. The molecule has 5 heteroatoms. The molecule has 0 saturated carbocycles. The van der Waals surface area contributed by atoms with Gasteiger partial charge in [0, 0.05) is 13.5 Å². The number of ether oxygens (including phenoxy) is 1. The van der Waals surface area contributed by atoms with Crippen LogP contribution >= 0.6 is 0 Å². The van der Waals surface area contributed by atoms with Gasteiger partial charge in [-0.2, -0.15) is 0 Å². The Balaban J connectivity index is 2.40. The predicted octanol–water partition coefficient (Wildman–Crippen LogP) is 1.51. The molecule has 0 spiro atoms. The standard InChI is InChI=1S/C13H23NO4/c1-3-4-5-6-7-12(15)14(2)11-9-18-8-10(11)13(16)17/h10-11H,3-9H2,1-2H3,(H,16,17). The zero-order chi connectivity index (χ0) is 13.5. The zero-order valence-corrected chi connectivity index (χ0v) is 11.2. The number of hydrogen-bond acceptors (Lipinski definition) is 3. The molecule has 1 amide bonds. The number of carbonyl (C=O) groups is 2. The van der Waals surface area contributed by atoms with Gasteiger partial charge in [0.15, 0.2) is 0 Å². The van der Waals surface area contributed by atoms with Crippen molar-refractivity contribution in [1.82, 2.24) is 4.90 Å². The predicted molar refractivity (Wildman–Crippen MR) is 67.3 cm³/mol. The Morgan fingerprint density at radius 2 is 2.00 bits per heavy atom. The van der Waals surface area contributed by atoms with Gasteiger partial charge < -0.3 is 14.7 Å². The van der Waals surface area contributed by atoms with E-state index in [-0.39, 0.29) is 18.6 Å². The monoisotopic (exact) mass is 257 g/mol. The summed E-state index contributed by atoms with van der Waals surface area (Å²) >= 11 is 0. The molecule has 2 atom stereocenters. The van der Waals surface area contributed by atoms with Crippen LogP contribution in [0.1, 0.15) is 39.0 Å². The normalized spacial score (nSPS) is 23.0. The van der Waals surface area contributed by atoms with E-state index in [1.165, 1.54) is 0 Å². The maximum Gasteiger partial charge on any atom is 0.311 e. The molecule has 2 unspecified atom stereocenters. The molecular weight excluding hydrogens is 234 g/mol. The molecule has 1 aliphatic rings. The van der Waals surface area contributed by atoms with E-state index in [1.807, 2.05) is 0 Å². The van der Waals surface area contributed by atoms with Gasteiger partial charge in [-0.15, -0.1) is 0 Å². The lowest BCUT2D eigenvalue weighted by Gasteiger charge is -2.26. The van der Waals surface area contributed by atoms with Gasteiger partial charge in [-0.05, 0) is 6.42 Å². The molecule has 18 heavy (non-hydrogen) atoms. The Morgan fingerprint density at radius 3 is 2.61 bits per heavy atom. The number of rotatable bonds is 7. The van der Waals surface area contributed by atoms with Crippen molar-refractivity contribution in [2.24, 2.45) is 5.92 Å². The SMILES string of the molecule is CCCCCCC(=O)N(C)C1COCC1C(=O)O. The van der Waals surface area contributed by atoms with E-state index in [0.29, 0.717) is 13.0 Å². The van der Waals surface area contributed by atoms with Crippen molar-refractivity contribution in [2.45, 2.75) is 45.1 Å². The highest BCUT2D eigenvalue weighted by molar-refractivity contribution is 5.78. The van der Waals surface area contributed by atoms with Crippen LogP contribution in [0.15, 0.2) is 0 Å². The van der Waals surface area contributed by atoms with Crippen molar-refractivity contribution >= 4 is 11.9 Å². The number of hydrogen-bond donors (Lipinski definition) is 1. The lowest BCUT2D eigenvalue weighted by Crippen LogP contribution is -2.44. The van der Waals surface area contributed by atoms with Crippen molar-refractivity contribution in [3.8, 4) is 0 Å². The lowest BCUT2D eigenvalue weighted by molar-refractivity contribution is -0.144. The Kier molecular flexibility index (Phi) is 6.12. The van der Waals surface area contributed by atoms with Crippen molar-refractivity contribution in [2.75, 3.05) is 20.3 Å². The Bertz CT molecular complexity index is 293. The van der Waals surface area contributed by atoms with Crippen LogP contribution in [-0.4, -0.2) is 48.2 Å². The summed E-state index contributed by atoms with van der Waals surface area (Å²) < 4.78 is 5.17. The molecule has 5 nitrogen and oxygen atoms in total. The Labute approximate surface area is 108 Å². The third-order valence-electron chi connectivity index (χ3n) is 3.50. The van der Waals surface area contributed by atoms with E-state index in [9.17, 15) is 9.59 Å². The summed E-state index contributed by atoms with van der Waals surface area (Å²) in [7, 11) is 1.68. The molecule has 0 radical (unpaired) electrons. The van der Waals surface area contributed by atoms with Gasteiger partial charge in [0.25, 0.3) is 0 Å². The molecule has 0 aliphatic carbocycles. The van der Waals surface area contributed by atoms with E-state index in [0.717, 1.165) is 25.7 Å². The van der Waals surface area contributed by atoms with Gasteiger partial charge in [0.2, 0.25) is 5.91 Å². The molecule has 0 bridgehead atoms. The van der Waals surface area contributed by atoms with Gasteiger partial charge in [-0.3, -0.25) is 9.59 Å².